The second-order valence-corrected chi connectivity index (χ2v) is 5.65. The molecule has 2 fully saturated rings. The quantitative estimate of drug-likeness (QED) is 0.703. The van der Waals surface area contributed by atoms with Gasteiger partial charge in [0, 0.05) is 13.0 Å². The van der Waals surface area contributed by atoms with Crippen molar-refractivity contribution in [2.75, 3.05) is 26.2 Å². The number of rotatable bonds is 5. The molecule has 0 radical (unpaired) electrons. The molecule has 2 heterocycles. The van der Waals surface area contributed by atoms with Crippen molar-refractivity contribution >= 4 is 0 Å². The van der Waals surface area contributed by atoms with E-state index in [0.717, 1.165) is 26.0 Å². The minimum Gasteiger partial charge on any atom is -0.347 e. The van der Waals surface area contributed by atoms with E-state index in [0.29, 0.717) is 0 Å². The SMILES string of the molecule is CC=CCCC1(C)OCC(CN2CCCCC2)O1. The van der Waals surface area contributed by atoms with Crippen LogP contribution >= 0.6 is 0 Å². The molecule has 0 spiro atoms. The second-order valence-electron chi connectivity index (χ2n) is 5.65. The average Bonchev–Trinajstić information content (AvgIpc) is 2.73. The normalized spacial score (nSPS) is 34.4. The highest BCUT2D eigenvalue weighted by molar-refractivity contribution is 4.83. The highest BCUT2D eigenvalue weighted by Crippen LogP contribution is 2.28. The van der Waals surface area contributed by atoms with Gasteiger partial charge in [-0.25, -0.2) is 0 Å². The molecule has 2 saturated heterocycles. The average molecular weight is 253 g/mol. The van der Waals surface area contributed by atoms with Crippen LogP contribution in [0.15, 0.2) is 12.2 Å². The molecule has 0 aromatic carbocycles. The summed E-state index contributed by atoms with van der Waals surface area (Å²) in [5.41, 5.74) is 0. The Hall–Kier alpha value is -0.380. The topological polar surface area (TPSA) is 21.7 Å². The molecule has 0 aromatic rings. The van der Waals surface area contributed by atoms with Crippen LogP contribution in [-0.2, 0) is 9.47 Å². The van der Waals surface area contributed by atoms with Crippen molar-refractivity contribution in [2.45, 2.75) is 57.8 Å². The van der Waals surface area contributed by atoms with Crippen molar-refractivity contribution in [1.29, 1.82) is 0 Å². The Morgan fingerprint density at radius 3 is 2.78 bits per heavy atom. The first kappa shape index (κ1) is 14.0. The van der Waals surface area contributed by atoms with Crippen LogP contribution in [0.1, 0.15) is 46.0 Å². The van der Waals surface area contributed by atoms with Crippen LogP contribution < -0.4 is 0 Å². The Labute approximate surface area is 111 Å². The van der Waals surface area contributed by atoms with Crippen molar-refractivity contribution in [2.24, 2.45) is 0 Å². The molecule has 2 atom stereocenters. The lowest BCUT2D eigenvalue weighted by atomic mass is 10.1. The van der Waals surface area contributed by atoms with Crippen LogP contribution in [0.5, 0.6) is 0 Å². The lowest BCUT2D eigenvalue weighted by Gasteiger charge is -2.29. The van der Waals surface area contributed by atoms with Gasteiger partial charge < -0.3 is 14.4 Å². The first-order valence-corrected chi connectivity index (χ1v) is 7.37. The Morgan fingerprint density at radius 2 is 2.06 bits per heavy atom. The van der Waals surface area contributed by atoms with Gasteiger partial charge in [-0.1, -0.05) is 18.6 Å². The van der Waals surface area contributed by atoms with Gasteiger partial charge in [0.15, 0.2) is 5.79 Å². The Balaban J connectivity index is 1.72. The van der Waals surface area contributed by atoms with Gasteiger partial charge in [0.25, 0.3) is 0 Å². The summed E-state index contributed by atoms with van der Waals surface area (Å²) in [6.07, 6.45) is 10.6. The van der Waals surface area contributed by atoms with Crippen molar-refractivity contribution in [3.63, 3.8) is 0 Å². The predicted molar refractivity (Wildman–Crippen MR) is 73.6 cm³/mol. The first-order chi connectivity index (χ1) is 8.72. The smallest absolute Gasteiger partial charge is 0.166 e. The molecule has 2 aliphatic heterocycles. The molecule has 0 aromatic heterocycles. The van der Waals surface area contributed by atoms with Gasteiger partial charge in [-0.15, -0.1) is 0 Å². The standard InChI is InChI=1S/C15H27NO2/c1-3-4-6-9-15(2)17-13-14(18-15)12-16-10-7-5-8-11-16/h3-4,14H,5-13H2,1-2H3. The molecule has 3 heteroatoms. The van der Waals surface area contributed by atoms with E-state index in [2.05, 4.69) is 30.9 Å². The van der Waals surface area contributed by atoms with Crippen LogP contribution in [0.25, 0.3) is 0 Å². The summed E-state index contributed by atoms with van der Waals surface area (Å²) in [6, 6.07) is 0. The molecule has 0 amide bonds. The summed E-state index contributed by atoms with van der Waals surface area (Å²) in [5, 5.41) is 0. The number of nitrogens with zero attached hydrogens (tertiary/aromatic N) is 1. The highest BCUT2D eigenvalue weighted by Gasteiger charge is 2.37. The van der Waals surface area contributed by atoms with Crippen molar-refractivity contribution < 1.29 is 9.47 Å². The van der Waals surface area contributed by atoms with Crippen LogP contribution in [0, 0.1) is 0 Å². The third-order valence-corrected chi connectivity index (χ3v) is 3.90. The summed E-state index contributed by atoms with van der Waals surface area (Å²) in [5.74, 6) is -0.361. The van der Waals surface area contributed by atoms with Gasteiger partial charge in [0.1, 0.15) is 0 Å². The zero-order valence-electron chi connectivity index (χ0n) is 11.9. The zero-order valence-corrected chi connectivity index (χ0v) is 11.9. The first-order valence-electron chi connectivity index (χ1n) is 7.37. The number of likely N-dealkylation sites (tertiary alicyclic amines) is 1. The monoisotopic (exact) mass is 253 g/mol. The van der Waals surface area contributed by atoms with Crippen LogP contribution in [0.2, 0.25) is 0 Å². The van der Waals surface area contributed by atoms with Gasteiger partial charge in [0.2, 0.25) is 0 Å². The molecule has 0 bridgehead atoms. The molecule has 2 aliphatic rings. The molecule has 3 nitrogen and oxygen atoms in total. The minimum atomic E-state index is -0.361. The van der Waals surface area contributed by atoms with Crippen molar-refractivity contribution in [1.82, 2.24) is 4.90 Å². The van der Waals surface area contributed by atoms with E-state index < -0.39 is 0 Å². The summed E-state index contributed by atoms with van der Waals surface area (Å²) < 4.78 is 12.0. The number of ether oxygens (including phenoxy) is 2. The van der Waals surface area contributed by atoms with E-state index in [1.54, 1.807) is 0 Å². The molecular formula is C15H27NO2. The summed E-state index contributed by atoms with van der Waals surface area (Å²) >= 11 is 0. The molecule has 2 unspecified atom stereocenters. The highest BCUT2D eigenvalue weighted by atomic mass is 16.7. The van der Waals surface area contributed by atoms with E-state index in [4.69, 9.17) is 9.47 Å². The molecule has 104 valence electrons. The van der Waals surface area contributed by atoms with Gasteiger partial charge >= 0.3 is 0 Å². The number of piperidine rings is 1. The van der Waals surface area contributed by atoms with Crippen LogP contribution in [0.3, 0.4) is 0 Å². The summed E-state index contributed by atoms with van der Waals surface area (Å²) in [7, 11) is 0. The fourth-order valence-corrected chi connectivity index (χ4v) is 2.85. The lowest BCUT2D eigenvalue weighted by molar-refractivity contribution is -0.159. The van der Waals surface area contributed by atoms with Crippen LogP contribution in [-0.4, -0.2) is 43.0 Å². The van der Waals surface area contributed by atoms with E-state index in [-0.39, 0.29) is 11.9 Å². The predicted octanol–water partition coefficient (Wildman–Crippen LogP) is 2.96. The Bertz CT molecular complexity index is 274. The fourth-order valence-electron chi connectivity index (χ4n) is 2.85. The molecule has 0 N–H and O–H groups in total. The van der Waals surface area contributed by atoms with Crippen molar-refractivity contribution in [3.05, 3.63) is 12.2 Å². The zero-order chi connectivity index (χ0) is 12.8. The van der Waals surface area contributed by atoms with Crippen molar-refractivity contribution in [3.8, 4) is 0 Å². The third-order valence-electron chi connectivity index (χ3n) is 3.90. The molecule has 18 heavy (non-hydrogen) atoms. The van der Waals surface area contributed by atoms with Gasteiger partial charge in [-0.2, -0.15) is 0 Å². The molecule has 0 aliphatic carbocycles. The maximum Gasteiger partial charge on any atom is 0.166 e. The van der Waals surface area contributed by atoms with E-state index >= 15 is 0 Å². The summed E-state index contributed by atoms with van der Waals surface area (Å²) in [6.45, 7) is 8.39. The summed E-state index contributed by atoms with van der Waals surface area (Å²) in [4.78, 5) is 2.52. The van der Waals surface area contributed by atoms with Gasteiger partial charge in [-0.3, -0.25) is 0 Å². The lowest BCUT2D eigenvalue weighted by Crippen LogP contribution is -2.38. The van der Waals surface area contributed by atoms with E-state index in [1.807, 2.05) is 0 Å². The Kier molecular flexibility index (Phi) is 5.22. The van der Waals surface area contributed by atoms with Gasteiger partial charge in [-0.05, 0) is 46.2 Å². The second kappa shape index (κ2) is 6.69. The molecule has 2 rings (SSSR count). The maximum atomic E-state index is 6.10. The van der Waals surface area contributed by atoms with Gasteiger partial charge in [0.05, 0.1) is 12.7 Å². The Morgan fingerprint density at radius 1 is 1.28 bits per heavy atom. The number of hydrogen-bond donors (Lipinski definition) is 0. The number of hydrogen-bond acceptors (Lipinski definition) is 3. The number of allylic oxidation sites excluding steroid dienone is 2. The maximum absolute atomic E-state index is 6.10. The van der Waals surface area contributed by atoms with E-state index in [9.17, 15) is 0 Å². The largest absolute Gasteiger partial charge is 0.347 e. The third kappa shape index (κ3) is 4.08. The van der Waals surface area contributed by atoms with E-state index in [1.165, 1.54) is 32.4 Å². The fraction of sp³-hybridized carbons (Fsp3) is 0.867. The molecular weight excluding hydrogens is 226 g/mol. The minimum absolute atomic E-state index is 0.263. The molecule has 0 saturated carbocycles. The van der Waals surface area contributed by atoms with Crippen LogP contribution in [0.4, 0.5) is 0 Å².